The van der Waals surface area contributed by atoms with Crippen molar-refractivity contribution in [3.63, 3.8) is 0 Å². The number of benzene rings is 1. The number of carbonyl (C=O) groups is 3. The number of amides is 2. The van der Waals surface area contributed by atoms with Gasteiger partial charge >= 0.3 is 5.97 Å². The van der Waals surface area contributed by atoms with Gasteiger partial charge in [-0.1, -0.05) is 0 Å². The van der Waals surface area contributed by atoms with E-state index in [0.717, 1.165) is 0 Å². The van der Waals surface area contributed by atoms with Crippen LogP contribution < -0.4 is 15.4 Å². The zero-order chi connectivity index (χ0) is 24.5. The third-order valence-electron chi connectivity index (χ3n) is 4.18. The van der Waals surface area contributed by atoms with Crippen molar-refractivity contribution in [1.29, 1.82) is 0 Å². The number of nitrogens with one attached hydrogen (secondary N) is 2. The van der Waals surface area contributed by atoms with Crippen LogP contribution in [0.4, 0.5) is 17.6 Å². The summed E-state index contributed by atoms with van der Waals surface area (Å²) >= 11 is 0. The lowest BCUT2D eigenvalue weighted by atomic mass is 10.1. The Hall–Kier alpha value is -2.69. The van der Waals surface area contributed by atoms with Crippen molar-refractivity contribution in [3.05, 3.63) is 29.3 Å². The topological polar surface area (TPSA) is 93.7 Å². The molecule has 1 rings (SSSR count). The van der Waals surface area contributed by atoms with E-state index in [1.165, 1.54) is 0 Å². The van der Waals surface area contributed by atoms with E-state index in [9.17, 15) is 31.9 Å². The quantitative estimate of drug-likeness (QED) is 0.117. The van der Waals surface area contributed by atoms with Crippen LogP contribution in [0.15, 0.2) is 6.07 Å². The van der Waals surface area contributed by atoms with E-state index < -0.39 is 46.1 Å². The molecule has 0 saturated heterocycles. The highest BCUT2D eigenvalue weighted by Gasteiger charge is 2.24. The van der Waals surface area contributed by atoms with Crippen LogP contribution in [0.1, 0.15) is 53.4 Å². The van der Waals surface area contributed by atoms with Gasteiger partial charge in [-0.05, 0) is 40.5 Å². The number of halogens is 4. The Morgan fingerprint density at radius 3 is 2.03 bits per heavy atom. The molecule has 0 bridgehead atoms. The van der Waals surface area contributed by atoms with Gasteiger partial charge in [-0.25, -0.2) is 8.78 Å². The summed E-state index contributed by atoms with van der Waals surface area (Å²) in [5.41, 5.74) is -1.25. The molecule has 0 aromatic heterocycles. The molecule has 0 unspecified atom stereocenters. The number of ether oxygens (including phenoxy) is 2. The molecule has 0 atom stereocenters. The Morgan fingerprint density at radius 2 is 1.47 bits per heavy atom. The summed E-state index contributed by atoms with van der Waals surface area (Å²) < 4.78 is 63.2. The standard InChI is InChI=1S/C21H28F4N2O5/c1-20(2,26-12-28)10-31-11-21(3,4)27-15(29)7-5-6-8-16(30)32-19-17(24)13(22)9-14(23)18(19)25/h9,12H,5-8,10-11H2,1-4H3,(H,26,28)(H,27,29). The second-order valence-electron chi connectivity index (χ2n) is 8.55. The number of rotatable bonds is 13. The number of hydrogen-bond donors (Lipinski definition) is 2. The van der Waals surface area contributed by atoms with Gasteiger partial charge in [0, 0.05) is 18.9 Å². The zero-order valence-electron chi connectivity index (χ0n) is 18.5. The summed E-state index contributed by atoms with van der Waals surface area (Å²) in [6.07, 6.45) is 0.740. The lowest BCUT2D eigenvalue weighted by Gasteiger charge is -2.29. The number of unbranched alkanes of at least 4 members (excludes halogenated alkanes) is 1. The Kier molecular flexibility index (Phi) is 10.1. The van der Waals surface area contributed by atoms with Gasteiger partial charge < -0.3 is 20.1 Å². The minimum absolute atomic E-state index is 0.0100. The third-order valence-corrected chi connectivity index (χ3v) is 4.18. The fraction of sp³-hybridized carbons (Fsp3) is 0.571. The minimum atomic E-state index is -1.80. The molecule has 0 heterocycles. The lowest BCUT2D eigenvalue weighted by Crippen LogP contribution is -2.49. The van der Waals surface area contributed by atoms with Crippen LogP contribution in [-0.2, 0) is 19.1 Å². The number of carbonyl (C=O) groups excluding carboxylic acids is 3. The first-order valence-corrected chi connectivity index (χ1v) is 9.92. The summed E-state index contributed by atoms with van der Waals surface area (Å²) in [5.74, 6) is -9.79. The average molecular weight is 464 g/mol. The van der Waals surface area contributed by atoms with Crippen molar-refractivity contribution in [2.24, 2.45) is 0 Å². The smallest absolute Gasteiger partial charge is 0.311 e. The van der Waals surface area contributed by atoms with Gasteiger partial charge in [-0.2, -0.15) is 8.78 Å². The van der Waals surface area contributed by atoms with Gasteiger partial charge in [0.2, 0.25) is 29.7 Å². The molecule has 0 fully saturated rings. The fourth-order valence-corrected chi connectivity index (χ4v) is 2.60. The van der Waals surface area contributed by atoms with Crippen LogP contribution in [0.25, 0.3) is 0 Å². The molecule has 0 spiro atoms. The van der Waals surface area contributed by atoms with Crippen LogP contribution in [-0.4, -0.2) is 42.6 Å². The van der Waals surface area contributed by atoms with E-state index in [1.807, 2.05) is 0 Å². The maximum Gasteiger partial charge on any atom is 0.311 e. The van der Waals surface area contributed by atoms with Crippen LogP contribution in [0.3, 0.4) is 0 Å². The molecular weight excluding hydrogens is 436 g/mol. The molecule has 32 heavy (non-hydrogen) atoms. The van der Waals surface area contributed by atoms with Crippen molar-refractivity contribution in [2.75, 3.05) is 13.2 Å². The summed E-state index contributed by atoms with van der Waals surface area (Å²) in [6.45, 7) is 7.50. The van der Waals surface area contributed by atoms with Gasteiger partial charge in [-0.3, -0.25) is 14.4 Å². The van der Waals surface area contributed by atoms with Crippen LogP contribution in [0, 0.1) is 23.3 Å². The normalized spacial score (nSPS) is 11.8. The summed E-state index contributed by atoms with van der Waals surface area (Å²) in [6, 6.07) is 0.0100. The van der Waals surface area contributed by atoms with E-state index in [2.05, 4.69) is 15.4 Å². The molecule has 2 amide bonds. The van der Waals surface area contributed by atoms with Crippen molar-refractivity contribution >= 4 is 18.3 Å². The highest BCUT2D eigenvalue weighted by Crippen LogP contribution is 2.27. The summed E-state index contributed by atoms with van der Waals surface area (Å²) in [7, 11) is 0. The maximum atomic E-state index is 13.5. The van der Waals surface area contributed by atoms with Crippen LogP contribution in [0.2, 0.25) is 0 Å². The monoisotopic (exact) mass is 464 g/mol. The molecule has 0 radical (unpaired) electrons. The summed E-state index contributed by atoms with van der Waals surface area (Å²) in [5, 5.41) is 5.39. The minimum Gasteiger partial charge on any atom is -0.420 e. The first-order valence-electron chi connectivity index (χ1n) is 9.92. The highest BCUT2D eigenvalue weighted by molar-refractivity contribution is 5.77. The molecule has 0 aliphatic rings. The Bertz CT molecular complexity index is 805. The molecule has 1 aromatic carbocycles. The molecular formula is C21H28F4N2O5. The maximum absolute atomic E-state index is 13.5. The van der Waals surface area contributed by atoms with Crippen molar-refractivity contribution in [2.45, 2.75) is 64.5 Å². The zero-order valence-corrected chi connectivity index (χ0v) is 18.5. The predicted octanol–water partition coefficient (Wildman–Crippen LogP) is 3.14. The molecule has 11 heteroatoms. The Labute approximate surface area is 183 Å². The third kappa shape index (κ3) is 9.21. The number of hydrogen-bond acceptors (Lipinski definition) is 5. The van der Waals surface area contributed by atoms with Gasteiger partial charge in [0.1, 0.15) is 0 Å². The van der Waals surface area contributed by atoms with Gasteiger partial charge in [-0.15, -0.1) is 0 Å². The molecule has 0 saturated carbocycles. The van der Waals surface area contributed by atoms with E-state index >= 15 is 0 Å². The Balaban J connectivity index is 2.38. The molecule has 0 aliphatic heterocycles. The second kappa shape index (κ2) is 11.8. The van der Waals surface area contributed by atoms with E-state index in [0.29, 0.717) is 6.41 Å². The van der Waals surface area contributed by atoms with Crippen LogP contribution >= 0.6 is 0 Å². The first-order chi connectivity index (χ1) is 14.8. The van der Waals surface area contributed by atoms with E-state index in [-0.39, 0.29) is 50.9 Å². The molecule has 180 valence electrons. The molecule has 0 aliphatic carbocycles. The molecule has 2 N–H and O–H groups in total. The van der Waals surface area contributed by atoms with Crippen molar-refractivity contribution in [1.82, 2.24) is 10.6 Å². The molecule has 1 aromatic rings. The van der Waals surface area contributed by atoms with Gasteiger partial charge in [0.25, 0.3) is 0 Å². The Morgan fingerprint density at radius 1 is 0.938 bits per heavy atom. The lowest BCUT2D eigenvalue weighted by molar-refractivity contribution is -0.135. The van der Waals surface area contributed by atoms with E-state index in [4.69, 9.17) is 4.74 Å². The van der Waals surface area contributed by atoms with Crippen molar-refractivity contribution in [3.8, 4) is 5.75 Å². The highest BCUT2D eigenvalue weighted by atomic mass is 19.2. The van der Waals surface area contributed by atoms with Gasteiger partial charge in [0.15, 0.2) is 11.6 Å². The first kappa shape index (κ1) is 27.3. The average Bonchev–Trinajstić information content (AvgIpc) is 2.66. The predicted molar refractivity (Wildman–Crippen MR) is 107 cm³/mol. The van der Waals surface area contributed by atoms with Crippen molar-refractivity contribution < 1.29 is 41.4 Å². The number of esters is 1. The SMILES string of the molecule is CC(C)(COCC(C)(C)NC(=O)CCCCC(=O)Oc1c(F)c(F)cc(F)c1F)NC=O. The second-order valence-corrected chi connectivity index (χ2v) is 8.55. The van der Waals surface area contributed by atoms with Gasteiger partial charge in [0.05, 0.1) is 24.3 Å². The van der Waals surface area contributed by atoms with E-state index in [1.54, 1.807) is 27.7 Å². The summed E-state index contributed by atoms with van der Waals surface area (Å²) in [4.78, 5) is 34.3. The largest absolute Gasteiger partial charge is 0.420 e. The molecule has 7 nitrogen and oxygen atoms in total. The fourth-order valence-electron chi connectivity index (χ4n) is 2.60. The van der Waals surface area contributed by atoms with Crippen LogP contribution in [0.5, 0.6) is 5.75 Å².